The monoisotopic (exact) mass is 519 g/mol. The van der Waals surface area contributed by atoms with Crippen molar-refractivity contribution in [1.82, 2.24) is 10.6 Å². The van der Waals surface area contributed by atoms with Crippen LogP contribution >= 0.6 is 23.2 Å². The molecule has 0 aromatic heterocycles. The van der Waals surface area contributed by atoms with Crippen molar-refractivity contribution < 1.29 is 15.0 Å². The van der Waals surface area contributed by atoms with Gasteiger partial charge in [0.1, 0.15) is 0 Å². The van der Waals surface area contributed by atoms with Gasteiger partial charge in [-0.2, -0.15) is 0 Å². The van der Waals surface area contributed by atoms with E-state index in [1.165, 1.54) is 6.42 Å². The molecule has 5 atom stereocenters. The predicted octanol–water partition coefficient (Wildman–Crippen LogP) is 3.71. The minimum atomic E-state index is -0.871. The molecule has 0 spiro atoms. The van der Waals surface area contributed by atoms with Crippen LogP contribution in [-0.4, -0.2) is 47.5 Å². The highest BCUT2D eigenvalue weighted by molar-refractivity contribution is 6.30. The zero-order chi connectivity index (χ0) is 25.0. The molecule has 2 fully saturated rings. The molecule has 35 heavy (non-hydrogen) atoms. The Balaban J connectivity index is 1.76. The van der Waals surface area contributed by atoms with Crippen molar-refractivity contribution in [1.29, 1.82) is 0 Å². The average Bonchev–Trinajstić information content (AvgIpc) is 3.18. The standard InChI is InChI=1S/C27H35Cl2N3O3/c28-20-11-9-19(10-12-20)27(30)23(18-7-4-8-21(29)15-18)24(26(35)31-14-13-22(34)16-33)32-25(27)17-5-2-1-3-6-17/h4,7-12,15,17,22-25,32-34H,1-3,5-6,13-14,16,30H2,(H,31,35)/t22?,23-,24+,25-,27-/m0/s1. The molecular formula is C27H35Cl2N3O3. The first-order chi connectivity index (χ1) is 16.8. The number of carbonyl (C=O) groups excluding carboxylic acids is 1. The summed E-state index contributed by atoms with van der Waals surface area (Å²) in [5.41, 5.74) is 8.42. The van der Waals surface area contributed by atoms with E-state index in [4.69, 9.17) is 34.0 Å². The Morgan fingerprint density at radius 2 is 1.83 bits per heavy atom. The van der Waals surface area contributed by atoms with Gasteiger partial charge in [-0.05, 0) is 60.6 Å². The van der Waals surface area contributed by atoms with Crippen LogP contribution in [0.5, 0.6) is 0 Å². The van der Waals surface area contributed by atoms with E-state index in [0.717, 1.165) is 36.8 Å². The van der Waals surface area contributed by atoms with E-state index in [9.17, 15) is 9.90 Å². The number of halogens is 2. The van der Waals surface area contributed by atoms with Crippen molar-refractivity contribution in [2.24, 2.45) is 11.7 Å². The van der Waals surface area contributed by atoms with Crippen LogP contribution in [0.4, 0.5) is 0 Å². The molecule has 1 saturated heterocycles. The molecule has 1 unspecified atom stereocenters. The highest BCUT2D eigenvalue weighted by Gasteiger charge is 2.58. The SMILES string of the molecule is N[C@]1(c2ccc(Cl)cc2)[C@H](C2CCCCC2)N[C@@H](C(=O)NCCC(O)CO)[C@@H]1c1cccc(Cl)c1. The fourth-order valence-corrected chi connectivity index (χ4v) is 6.27. The number of aliphatic hydroxyl groups is 2. The summed E-state index contributed by atoms with van der Waals surface area (Å²) in [6, 6.07) is 14.5. The number of benzene rings is 2. The second-order valence-corrected chi connectivity index (χ2v) is 10.8. The van der Waals surface area contributed by atoms with Crippen molar-refractivity contribution in [2.75, 3.05) is 13.2 Å². The number of nitrogens with two attached hydrogens (primary N) is 1. The molecule has 2 aliphatic rings. The molecule has 1 heterocycles. The van der Waals surface area contributed by atoms with Crippen LogP contribution in [0, 0.1) is 5.92 Å². The van der Waals surface area contributed by atoms with Crippen LogP contribution in [0.25, 0.3) is 0 Å². The lowest BCUT2D eigenvalue weighted by molar-refractivity contribution is -0.123. The van der Waals surface area contributed by atoms with E-state index in [2.05, 4.69) is 10.6 Å². The molecule has 8 heteroatoms. The maximum atomic E-state index is 13.6. The Hall–Kier alpha value is -1.67. The Bertz CT molecular complexity index is 999. The van der Waals surface area contributed by atoms with E-state index in [0.29, 0.717) is 16.0 Å². The molecule has 0 bridgehead atoms. The van der Waals surface area contributed by atoms with E-state index in [-0.39, 0.29) is 37.4 Å². The Morgan fingerprint density at radius 1 is 1.11 bits per heavy atom. The molecule has 1 aliphatic heterocycles. The van der Waals surface area contributed by atoms with Gasteiger partial charge in [0, 0.05) is 28.5 Å². The summed E-state index contributed by atoms with van der Waals surface area (Å²) < 4.78 is 0. The lowest BCUT2D eigenvalue weighted by Gasteiger charge is -2.42. The van der Waals surface area contributed by atoms with Crippen LogP contribution in [0.1, 0.15) is 55.6 Å². The van der Waals surface area contributed by atoms with E-state index < -0.39 is 17.7 Å². The third kappa shape index (κ3) is 5.68. The summed E-state index contributed by atoms with van der Waals surface area (Å²) in [6.45, 7) is -0.0808. The highest BCUT2D eigenvalue weighted by atomic mass is 35.5. The lowest BCUT2D eigenvalue weighted by atomic mass is 9.66. The third-order valence-electron chi connectivity index (χ3n) is 7.66. The van der Waals surface area contributed by atoms with Gasteiger partial charge in [0.05, 0.1) is 24.3 Å². The lowest BCUT2D eigenvalue weighted by Crippen LogP contribution is -2.54. The van der Waals surface area contributed by atoms with Crippen molar-refractivity contribution >= 4 is 29.1 Å². The third-order valence-corrected chi connectivity index (χ3v) is 8.15. The molecule has 190 valence electrons. The van der Waals surface area contributed by atoms with E-state index in [1.807, 2.05) is 48.5 Å². The molecule has 1 aliphatic carbocycles. The fourth-order valence-electron chi connectivity index (χ4n) is 5.95. The second-order valence-electron chi connectivity index (χ2n) is 9.91. The van der Waals surface area contributed by atoms with Crippen LogP contribution in [-0.2, 0) is 10.3 Å². The second kappa shape index (κ2) is 11.6. The minimum absolute atomic E-state index is 0.119. The van der Waals surface area contributed by atoms with Gasteiger partial charge in [0.2, 0.25) is 5.91 Å². The summed E-state index contributed by atoms with van der Waals surface area (Å²) in [7, 11) is 0. The zero-order valence-corrected chi connectivity index (χ0v) is 21.3. The molecule has 2 aromatic rings. The topological polar surface area (TPSA) is 108 Å². The molecule has 4 rings (SSSR count). The van der Waals surface area contributed by atoms with Gasteiger partial charge in [-0.25, -0.2) is 0 Å². The van der Waals surface area contributed by atoms with Crippen molar-refractivity contribution in [3.8, 4) is 0 Å². The van der Waals surface area contributed by atoms with Crippen molar-refractivity contribution in [2.45, 2.75) is 68.2 Å². The molecular weight excluding hydrogens is 485 g/mol. The summed E-state index contributed by atoms with van der Waals surface area (Å²) in [5.74, 6) is -0.223. The molecule has 2 aromatic carbocycles. The van der Waals surface area contributed by atoms with Gasteiger partial charge in [-0.1, -0.05) is 66.7 Å². The number of rotatable bonds is 8. The first-order valence-corrected chi connectivity index (χ1v) is 13.2. The highest BCUT2D eigenvalue weighted by Crippen LogP contribution is 2.49. The van der Waals surface area contributed by atoms with Gasteiger partial charge < -0.3 is 21.3 Å². The first kappa shape index (κ1) is 26.4. The summed E-state index contributed by atoms with van der Waals surface area (Å²) in [5, 5.41) is 26.6. The van der Waals surface area contributed by atoms with Crippen molar-refractivity contribution in [3.63, 3.8) is 0 Å². The van der Waals surface area contributed by atoms with Crippen LogP contribution in [0.15, 0.2) is 48.5 Å². The maximum Gasteiger partial charge on any atom is 0.237 e. The number of carbonyl (C=O) groups is 1. The maximum absolute atomic E-state index is 13.6. The van der Waals surface area contributed by atoms with Gasteiger partial charge in [0.15, 0.2) is 0 Å². The number of aliphatic hydroxyl groups excluding tert-OH is 2. The number of hydrogen-bond acceptors (Lipinski definition) is 5. The Kier molecular flexibility index (Phi) is 8.74. The number of amides is 1. The average molecular weight is 521 g/mol. The number of hydrogen-bond donors (Lipinski definition) is 5. The molecule has 1 saturated carbocycles. The normalized spacial score (nSPS) is 28.1. The summed E-state index contributed by atoms with van der Waals surface area (Å²) in [6.07, 6.45) is 5.04. The van der Waals surface area contributed by atoms with E-state index >= 15 is 0 Å². The minimum Gasteiger partial charge on any atom is -0.394 e. The fraction of sp³-hybridized carbons (Fsp3) is 0.519. The van der Waals surface area contributed by atoms with Crippen molar-refractivity contribution in [3.05, 3.63) is 69.7 Å². The molecule has 0 radical (unpaired) electrons. The van der Waals surface area contributed by atoms with Gasteiger partial charge >= 0.3 is 0 Å². The quantitative estimate of drug-likeness (QED) is 0.365. The van der Waals surface area contributed by atoms with Gasteiger partial charge in [-0.3, -0.25) is 10.1 Å². The predicted molar refractivity (Wildman–Crippen MR) is 140 cm³/mol. The van der Waals surface area contributed by atoms with Gasteiger partial charge in [-0.15, -0.1) is 0 Å². The molecule has 6 N–H and O–H groups in total. The summed E-state index contributed by atoms with van der Waals surface area (Å²) in [4.78, 5) is 13.6. The summed E-state index contributed by atoms with van der Waals surface area (Å²) >= 11 is 12.6. The van der Waals surface area contributed by atoms with Crippen LogP contribution in [0.2, 0.25) is 10.0 Å². The molecule has 1 amide bonds. The smallest absolute Gasteiger partial charge is 0.237 e. The van der Waals surface area contributed by atoms with Gasteiger partial charge in [0.25, 0.3) is 0 Å². The Morgan fingerprint density at radius 3 is 2.49 bits per heavy atom. The largest absolute Gasteiger partial charge is 0.394 e. The van der Waals surface area contributed by atoms with E-state index in [1.54, 1.807) is 0 Å². The first-order valence-electron chi connectivity index (χ1n) is 12.5. The Labute approximate surface area is 217 Å². The van der Waals surface area contributed by atoms with Crippen LogP contribution < -0.4 is 16.4 Å². The van der Waals surface area contributed by atoms with Crippen LogP contribution in [0.3, 0.4) is 0 Å². The number of nitrogens with one attached hydrogen (secondary N) is 2. The zero-order valence-electron chi connectivity index (χ0n) is 19.8. The molecule has 6 nitrogen and oxygen atoms in total.